The third-order valence-corrected chi connectivity index (χ3v) is 2.12. The predicted molar refractivity (Wildman–Crippen MR) is 57.2 cm³/mol. The molecule has 0 unspecified atom stereocenters. The molecule has 1 heterocycles. The predicted octanol–water partition coefficient (Wildman–Crippen LogP) is 2.17. The fraction of sp³-hybridized carbons (Fsp3) is 0.100. The molecular formula is C10H10ClN3. The maximum atomic E-state index is 5.86. The second-order valence-electron chi connectivity index (χ2n) is 3.10. The van der Waals surface area contributed by atoms with E-state index in [0.717, 1.165) is 10.6 Å². The van der Waals surface area contributed by atoms with E-state index in [2.05, 4.69) is 5.10 Å². The fourth-order valence-electron chi connectivity index (χ4n) is 1.29. The zero-order valence-electron chi connectivity index (χ0n) is 7.52. The molecule has 0 bridgehead atoms. The van der Waals surface area contributed by atoms with Gasteiger partial charge in [0.1, 0.15) is 0 Å². The highest BCUT2D eigenvalue weighted by Crippen LogP contribution is 2.12. The highest BCUT2D eigenvalue weighted by atomic mass is 35.5. The third kappa shape index (κ3) is 2.06. The van der Waals surface area contributed by atoms with Gasteiger partial charge in [0.25, 0.3) is 0 Å². The normalized spacial score (nSPS) is 10.4. The van der Waals surface area contributed by atoms with E-state index in [1.165, 1.54) is 0 Å². The highest BCUT2D eigenvalue weighted by molar-refractivity contribution is 6.30. The molecule has 2 N–H and O–H groups in total. The summed E-state index contributed by atoms with van der Waals surface area (Å²) in [7, 11) is 0. The van der Waals surface area contributed by atoms with E-state index in [1.807, 2.05) is 24.3 Å². The minimum absolute atomic E-state index is 0.673. The zero-order valence-corrected chi connectivity index (χ0v) is 8.28. The summed E-state index contributed by atoms with van der Waals surface area (Å²) in [4.78, 5) is 0. The molecule has 2 rings (SSSR count). The number of anilines is 1. The molecule has 1 aromatic carbocycles. The number of benzene rings is 1. The Balaban J connectivity index is 2.18. The molecule has 0 spiro atoms. The molecule has 1 aromatic heterocycles. The Hall–Kier alpha value is -1.48. The van der Waals surface area contributed by atoms with Crippen LogP contribution >= 0.6 is 11.6 Å². The molecule has 3 nitrogen and oxygen atoms in total. The van der Waals surface area contributed by atoms with E-state index in [0.29, 0.717) is 12.2 Å². The van der Waals surface area contributed by atoms with Gasteiger partial charge in [-0.2, -0.15) is 5.10 Å². The van der Waals surface area contributed by atoms with Crippen molar-refractivity contribution in [2.24, 2.45) is 0 Å². The summed E-state index contributed by atoms with van der Waals surface area (Å²) in [5.41, 5.74) is 7.34. The van der Waals surface area contributed by atoms with Crippen LogP contribution in [0.2, 0.25) is 5.02 Å². The van der Waals surface area contributed by atoms with Gasteiger partial charge in [-0.15, -0.1) is 0 Å². The molecule has 72 valence electrons. The number of hydrogen-bond acceptors (Lipinski definition) is 2. The van der Waals surface area contributed by atoms with E-state index < -0.39 is 0 Å². The van der Waals surface area contributed by atoms with Crippen LogP contribution in [0.15, 0.2) is 36.7 Å². The van der Waals surface area contributed by atoms with Gasteiger partial charge < -0.3 is 5.73 Å². The van der Waals surface area contributed by atoms with Crippen molar-refractivity contribution in [3.63, 3.8) is 0 Å². The van der Waals surface area contributed by atoms with Crippen LogP contribution in [0.1, 0.15) is 5.56 Å². The van der Waals surface area contributed by atoms with Crippen molar-refractivity contribution < 1.29 is 0 Å². The lowest BCUT2D eigenvalue weighted by Crippen LogP contribution is -1.99. The summed E-state index contributed by atoms with van der Waals surface area (Å²) in [5.74, 6) is 0. The molecule has 0 radical (unpaired) electrons. The number of nitrogen functional groups attached to an aromatic ring is 1. The fourth-order valence-corrected chi connectivity index (χ4v) is 1.50. The summed E-state index contributed by atoms with van der Waals surface area (Å²) in [5, 5.41) is 4.83. The smallest absolute Gasteiger partial charge is 0.0719 e. The molecule has 0 amide bonds. The average molecular weight is 208 g/mol. The number of nitrogens with zero attached hydrogens (tertiary/aromatic N) is 2. The molecule has 2 aromatic rings. The van der Waals surface area contributed by atoms with Crippen LogP contribution in [0, 0.1) is 0 Å². The van der Waals surface area contributed by atoms with Crippen LogP contribution < -0.4 is 5.73 Å². The topological polar surface area (TPSA) is 43.8 Å². The molecule has 0 aliphatic carbocycles. The highest BCUT2D eigenvalue weighted by Gasteiger charge is 1.97. The minimum Gasteiger partial charge on any atom is -0.396 e. The SMILES string of the molecule is Nc1cnn(Cc2cccc(Cl)c2)c1. The first-order valence-corrected chi connectivity index (χ1v) is 4.64. The second kappa shape index (κ2) is 3.72. The summed E-state index contributed by atoms with van der Waals surface area (Å²) in [6.45, 7) is 0.692. The van der Waals surface area contributed by atoms with Crippen molar-refractivity contribution >= 4 is 17.3 Å². The van der Waals surface area contributed by atoms with Crippen molar-refractivity contribution in [2.75, 3.05) is 5.73 Å². The molecule has 4 heteroatoms. The Kier molecular flexibility index (Phi) is 2.41. The summed E-state index contributed by atoms with van der Waals surface area (Å²) in [6.07, 6.45) is 3.42. The van der Waals surface area contributed by atoms with Gasteiger partial charge in [-0.25, -0.2) is 0 Å². The Morgan fingerprint density at radius 1 is 1.43 bits per heavy atom. The molecule has 0 saturated heterocycles. The summed E-state index contributed by atoms with van der Waals surface area (Å²) >= 11 is 5.86. The first-order chi connectivity index (χ1) is 6.74. The van der Waals surface area contributed by atoms with E-state index in [1.54, 1.807) is 17.1 Å². The van der Waals surface area contributed by atoms with Crippen molar-refractivity contribution in [3.8, 4) is 0 Å². The quantitative estimate of drug-likeness (QED) is 0.820. The maximum absolute atomic E-state index is 5.86. The summed E-state index contributed by atoms with van der Waals surface area (Å²) in [6, 6.07) is 7.69. The monoisotopic (exact) mass is 207 g/mol. The molecule has 0 saturated carbocycles. The van der Waals surface area contributed by atoms with Crippen LogP contribution in [0.3, 0.4) is 0 Å². The van der Waals surface area contributed by atoms with Gasteiger partial charge in [0.15, 0.2) is 0 Å². The summed E-state index contributed by atoms with van der Waals surface area (Å²) < 4.78 is 1.78. The van der Waals surface area contributed by atoms with Crippen LogP contribution in [0.25, 0.3) is 0 Å². The first kappa shape index (κ1) is 9.09. The first-order valence-electron chi connectivity index (χ1n) is 4.26. The molecule has 14 heavy (non-hydrogen) atoms. The van der Waals surface area contributed by atoms with Crippen molar-refractivity contribution in [1.29, 1.82) is 0 Å². The largest absolute Gasteiger partial charge is 0.396 e. The Labute approximate surface area is 87.1 Å². The Morgan fingerprint density at radius 2 is 2.29 bits per heavy atom. The second-order valence-corrected chi connectivity index (χ2v) is 3.54. The van der Waals surface area contributed by atoms with Gasteiger partial charge >= 0.3 is 0 Å². The number of halogens is 1. The average Bonchev–Trinajstić information content (AvgIpc) is 2.51. The van der Waals surface area contributed by atoms with Crippen LogP contribution in [-0.2, 0) is 6.54 Å². The van der Waals surface area contributed by atoms with Crippen molar-refractivity contribution in [3.05, 3.63) is 47.2 Å². The van der Waals surface area contributed by atoms with Gasteiger partial charge in [0.2, 0.25) is 0 Å². The van der Waals surface area contributed by atoms with Crippen LogP contribution in [-0.4, -0.2) is 9.78 Å². The molecule has 0 aliphatic heterocycles. The van der Waals surface area contributed by atoms with Crippen molar-refractivity contribution in [1.82, 2.24) is 9.78 Å². The van der Waals surface area contributed by atoms with E-state index in [4.69, 9.17) is 17.3 Å². The lowest BCUT2D eigenvalue weighted by atomic mass is 10.2. The standard InChI is InChI=1S/C10H10ClN3/c11-9-3-1-2-8(4-9)6-14-7-10(12)5-13-14/h1-5,7H,6,12H2. The van der Waals surface area contributed by atoms with Crippen molar-refractivity contribution in [2.45, 2.75) is 6.54 Å². The number of aromatic nitrogens is 2. The Bertz CT molecular complexity index is 436. The van der Waals surface area contributed by atoms with E-state index in [-0.39, 0.29) is 0 Å². The van der Waals surface area contributed by atoms with Crippen LogP contribution in [0.5, 0.6) is 0 Å². The van der Waals surface area contributed by atoms with Gasteiger partial charge in [-0.05, 0) is 17.7 Å². The molecule has 0 aliphatic rings. The molecule has 0 atom stereocenters. The van der Waals surface area contributed by atoms with Gasteiger partial charge in [-0.3, -0.25) is 4.68 Å². The zero-order chi connectivity index (χ0) is 9.97. The Morgan fingerprint density at radius 3 is 2.93 bits per heavy atom. The van der Waals surface area contributed by atoms with E-state index >= 15 is 0 Å². The lowest BCUT2D eigenvalue weighted by molar-refractivity contribution is 0.687. The van der Waals surface area contributed by atoms with Gasteiger partial charge in [-0.1, -0.05) is 23.7 Å². The number of nitrogens with two attached hydrogens (primary N) is 1. The van der Waals surface area contributed by atoms with E-state index in [9.17, 15) is 0 Å². The van der Waals surface area contributed by atoms with Gasteiger partial charge in [0, 0.05) is 11.2 Å². The molecule has 0 fully saturated rings. The maximum Gasteiger partial charge on any atom is 0.0719 e. The lowest BCUT2D eigenvalue weighted by Gasteiger charge is -2.01. The number of rotatable bonds is 2. The number of hydrogen-bond donors (Lipinski definition) is 1. The van der Waals surface area contributed by atoms with Crippen LogP contribution in [0.4, 0.5) is 5.69 Å². The minimum atomic E-state index is 0.673. The van der Waals surface area contributed by atoms with Gasteiger partial charge in [0.05, 0.1) is 18.4 Å². The third-order valence-electron chi connectivity index (χ3n) is 1.89. The molecular weight excluding hydrogens is 198 g/mol.